The standard InChI is InChI=1S/C30H40As2/c1-8-31(9-2)26-16-18-28(23(6)20-26)30(25-14-12-22(5)13-15-25)29-19-17-27(21-24(29)7)32(10-3)11-4/h12-21,30H,8-11H2,1-7H3. The summed E-state index contributed by atoms with van der Waals surface area (Å²) in [5, 5.41) is 5.41. The third-order valence-electron chi connectivity index (χ3n) is 6.80. The Bertz CT molecular complexity index is 950. The number of rotatable bonds is 9. The van der Waals surface area contributed by atoms with Crippen molar-refractivity contribution in [2.45, 2.75) is 75.2 Å². The van der Waals surface area contributed by atoms with Crippen LogP contribution in [0.2, 0.25) is 20.8 Å². The molecule has 0 amide bonds. The molecule has 0 aliphatic heterocycles. The Balaban J connectivity index is 2.13. The molecule has 2 heteroatoms. The number of benzene rings is 3. The third-order valence-corrected chi connectivity index (χ3v) is 17.4. The third kappa shape index (κ3) is 5.63. The van der Waals surface area contributed by atoms with Crippen LogP contribution in [-0.2, 0) is 0 Å². The van der Waals surface area contributed by atoms with Gasteiger partial charge in [-0.25, -0.2) is 0 Å². The van der Waals surface area contributed by atoms with E-state index in [1.807, 2.05) is 0 Å². The average Bonchev–Trinajstić information content (AvgIpc) is 2.79. The van der Waals surface area contributed by atoms with Gasteiger partial charge in [-0.3, -0.25) is 0 Å². The van der Waals surface area contributed by atoms with Crippen LogP contribution in [0.25, 0.3) is 0 Å². The Morgan fingerprint density at radius 2 is 0.969 bits per heavy atom. The van der Waals surface area contributed by atoms with Crippen molar-refractivity contribution in [1.29, 1.82) is 0 Å². The minimum atomic E-state index is -0.889. The van der Waals surface area contributed by atoms with Crippen molar-refractivity contribution in [3.05, 3.63) is 94.0 Å². The van der Waals surface area contributed by atoms with Crippen LogP contribution in [0, 0.1) is 20.8 Å². The maximum absolute atomic E-state index is 2.52. The van der Waals surface area contributed by atoms with Crippen LogP contribution in [0.1, 0.15) is 67.0 Å². The predicted octanol–water partition coefficient (Wildman–Crippen LogP) is 7.28. The van der Waals surface area contributed by atoms with Crippen LogP contribution in [0.4, 0.5) is 0 Å². The normalized spacial score (nSPS) is 11.7. The molecule has 0 unspecified atom stereocenters. The van der Waals surface area contributed by atoms with Crippen LogP contribution in [0.5, 0.6) is 0 Å². The second-order valence-electron chi connectivity index (χ2n) is 8.77. The first-order valence-electron chi connectivity index (χ1n) is 12.2. The van der Waals surface area contributed by atoms with E-state index in [4.69, 9.17) is 0 Å². The quantitative estimate of drug-likeness (QED) is 0.194. The van der Waals surface area contributed by atoms with Gasteiger partial charge in [0.05, 0.1) is 0 Å². The van der Waals surface area contributed by atoms with Gasteiger partial charge in [0.25, 0.3) is 0 Å². The second kappa shape index (κ2) is 11.8. The molecule has 3 aromatic rings. The molecule has 0 aromatic heterocycles. The summed E-state index contributed by atoms with van der Waals surface area (Å²) < 4.78 is 3.28. The Labute approximate surface area is 206 Å². The Morgan fingerprint density at radius 1 is 0.562 bits per heavy atom. The minimum absolute atomic E-state index is 0.298. The van der Waals surface area contributed by atoms with Gasteiger partial charge in [-0.15, -0.1) is 0 Å². The van der Waals surface area contributed by atoms with E-state index in [-0.39, 0.29) is 0 Å². The monoisotopic (exact) mass is 550 g/mol. The number of hydrogen-bond acceptors (Lipinski definition) is 0. The molecule has 0 fully saturated rings. The second-order valence-corrected chi connectivity index (χ2v) is 20.8. The first-order chi connectivity index (χ1) is 15.4. The summed E-state index contributed by atoms with van der Waals surface area (Å²) >= 11 is -1.78. The summed E-state index contributed by atoms with van der Waals surface area (Å²) in [4.78, 5) is 0. The van der Waals surface area contributed by atoms with Gasteiger partial charge in [0, 0.05) is 0 Å². The van der Waals surface area contributed by atoms with Crippen molar-refractivity contribution in [1.82, 2.24) is 0 Å². The van der Waals surface area contributed by atoms with E-state index >= 15 is 0 Å². The van der Waals surface area contributed by atoms with E-state index in [2.05, 4.69) is 109 Å². The summed E-state index contributed by atoms with van der Waals surface area (Å²) in [6, 6.07) is 24.1. The van der Waals surface area contributed by atoms with Crippen molar-refractivity contribution in [3.8, 4) is 0 Å². The van der Waals surface area contributed by atoms with Gasteiger partial charge in [0.1, 0.15) is 0 Å². The van der Waals surface area contributed by atoms with Crippen LogP contribution < -0.4 is 8.70 Å². The zero-order valence-electron chi connectivity index (χ0n) is 21.1. The predicted molar refractivity (Wildman–Crippen MR) is 147 cm³/mol. The molecule has 0 nitrogen and oxygen atoms in total. The zero-order valence-corrected chi connectivity index (χ0v) is 24.8. The SMILES string of the molecule is CC[As](CC)c1ccc(C(c2ccc(C)cc2)c2ccc([As](CC)CC)cc2C)c(C)c1. The number of hydrogen-bond donors (Lipinski definition) is 0. The molecule has 170 valence electrons. The number of aryl methyl sites for hydroxylation is 3. The Kier molecular flexibility index (Phi) is 9.34. The fourth-order valence-electron chi connectivity index (χ4n) is 4.82. The van der Waals surface area contributed by atoms with Gasteiger partial charge < -0.3 is 0 Å². The molecule has 0 N–H and O–H groups in total. The molecule has 0 aliphatic carbocycles. The van der Waals surface area contributed by atoms with E-state index in [1.54, 1.807) is 8.70 Å². The zero-order chi connectivity index (χ0) is 23.3. The molecule has 3 rings (SSSR count). The van der Waals surface area contributed by atoms with E-state index in [0.717, 1.165) is 0 Å². The van der Waals surface area contributed by atoms with Gasteiger partial charge in [-0.1, -0.05) is 0 Å². The maximum atomic E-state index is 2.52. The van der Waals surface area contributed by atoms with Gasteiger partial charge in [0.2, 0.25) is 0 Å². The summed E-state index contributed by atoms with van der Waals surface area (Å²) in [6.45, 7) is 16.3. The Hall–Kier alpha value is -1.22. The van der Waals surface area contributed by atoms with Crippen LogP contribution in [-0.4, -0.2) is 29.3 Å². The molecule has 0 atom stereocenters. The molecule has 0 saturated carbocycles. The fraction of sp³-hybridized carbons (Fsp3) is 0.400. The molecule has 0 spiro atoms. The molecule has 32 heavy (non-hydrogen) atoms. The summed E-state index contributed by atoms with van der Waals surface area (Å²) in [7, 11) is 0. The Morgan fingerprint density at radius 3 is 1.31 bits per heavy atom. The summed E-state index contributed by atoms with van der Waals surface area (Å²) in [5.74, 6) is 0.298. The molecular weight excluding hydrogens is 510 g/mol. The van der Waals surface area contributed by atoms with Crippen LogP contribution in [0.15, 0.2) is 60.7 Å². The molecule has 0 aliphatic rings. The van der Waals surface area contributed by atoms with E-state index in [0.29, 0.717) is 5.92 Å². The van der Waals surface area contributed by atoms with Gasteiger partial charge in [0.15, 0.2) is 0 Å². The topological polar surface area (TPSA) is 0 Å². The van der Waals surface area contributed by atoms with Crippen molar-refractivity contribution < 1.29 is 0 Å². The molecular formula is C30H40As2. The van der Waals surface area contributed by atoms with Gasteiger partial charge >= 0.3 is 207 Å². The molecule has 0 saturated heterocycles. The van der Waals surface area contributed by atoms with Crippen molar-refractivity contribution in [2.75, 3.05) is 0 Å². The van der Waals surface area contributed by atoms with E-state index < -0.39 is 29.3 Å². The fourth-order valence-corrected chi connectivity index (χ4v) is 12.5. The molecule has 3 aromatic carbocycles. The average molecular weight is 550 g/mol. The van der Waals surface area contributed by atoms with E-state index in [9.17, 15) is 0 Å². The van der Waals surface area contributed by atoms with Gasteiger partial charge in [-0.05, 0) is 0 Å². The summed E-state index contributed by atoms with van der Waals surface area (Å²) in [5.41, 5.74) is 8.57. The molecule has 0 heterocycles. The van der Waals surface area contributed by atoms with E-state index in [1.165, 1.54) is 54.2 Å². The summed E-state index contributed by atoms with van der Waals surface area (Å²) in [6.07, 6.45) is 0. The van der Waals surface area contributed by atoms with Crippen LogP contribution >= 0.6 is 0 Å². The van der Waals surface area contributed by atoms with Crippen molar-refractivity contribution in [2.24, 2.45) is 0 Å². The first-order valence-corrected chi connectivity index (χ1v) is 19.4. The van der Waals surface area contributed by atoms with Crippen LogP contribution in [0.3, 0.4) is 0 Å². The molecule has 0 radical (unpaired) electrons. The van der Waals surface area contributed by atoms with Crippen molar-refractivity contribution in [3.63, 3.8) is 0 Å². The first kappa shape index (κ1) is 25.4. The van der Waals surface area contributed by atoms with Gasteiger partial charge in [-0.2, -0.15) is 0 Å². The van der Waals surface area contributed by atoms with Crippen molar-refractivity contribution >= 4 is 38.0 Å². The molecule has 0 bridgehead atoms.